The molecule has 0 heterocycles. The normalized spacial score (nSPS) is 10.3. The van der Waals surface area contributed by atoms with Gasteiger partial charge in [0.05, 0.1) is 13.3 Å². The predicted molar refractivity (Wildman–Crippen MR) is 96.2 cm³/mol. The molecule has 2 rings (SSSR count). The number of thiocarbonyl (C=S) groups is 1. The van der Waals surface area contributed by atoms with Gasteiger partial charge in [-0.05, 0) is 29.9 Å². The molecule has 0 amide bonds. The van der Waals surface area contributed by atoms with Gasteiger partial charge in [0.25, 0.3) is 0 Å². The summed E-state index contributed by atoms with van der Waals surface area (Å²) in [7, 11) is 3.34. The van der Waals surface area contributed by atoms with E-state index in [9.17, 15) is 0 Å². The van der Waals surface area contributed by atoms with Crippen molar-refractivity contribution < 1.29 is 9.47 Å². The average molecular weight is 329 g/mol. The summed E-state index contributed by atoms with van der Waals surface area (Å²) in [6.07, 6.45) is 1.65. The summed E-state index contributed by atoms with van der Waals surface area (Å²) in [5.74, 6) is 1.29. The van der Waals surface area contributed by atoms with E-state index in [4.69, 9.17) is 21.7 Å². The van der Waals surface area contributed by atoms with Crippen molar-refractivity contribution in [2.75, 3.05) is 14.2 Å². The Balaban J connectivity index is 2.16. The maximum absolute atomic E-state index is 5.94. The highest BCUT2D eigenvalue weighted by Crippen LogP contribution is 2.30. The summed E-state index contributed by atoms with van der Waals surface area (Å²) >= 11 is 4.98. The summed E-state index contributed by atoms with van der Waals surface area (Å²) < 4.78 is 11.3. The predicted octanol–water partition coefficient (Wildman–Crippen LogP) is 2.70. The molecule has 0 radical (unpaired) electrons. The Kier molecular flexibility index (Phi) is 6.38. The highest BCUT2D eigenvalue weighted by Gasteiger charge is 2.09. The molecule has 0 aliphatic heterocycles. The van der Waals surface area contributed by atoms with Gasteiger partial charge in [0.15, 0.2) is 16.6 Å². The molecule has 0 bridgehead atoms. The van der Waals surface area contributed by atoms with E-state index in [1.54, 1.807) is 20.4 Å². The molecule has 0 saturated carbocycles. The summed E-state index contributed by atoms with van der Waals surface area (Å²) in [5, 5.41) is 7.32. The van der Waals surface area contributed by atoms with Gasteiger partial charge in [-0.25, -0.2) is 0 Å². The maximum atomic E-state index is 5.94. The van der Waals surface area contributed by atoms with E-state index >= 15 is 0 Å². The Morgan fingerprint density at radius 2 is 1.96 bits per heavy atom. The van der Waals surface area contributed by atoms with Crippen molar-refractivity contribution in [2.24, 2.45) is 5.10 Å². The van der Waals surface area contributed by atoms with E-state index in [1.807, 2.05) is 48.5 Å². The first-order valence-corrected chi connectivity index (χ1v) is 7.50. The van der Waals surface area contributed by atoms with Crippen LogP contribution in [0.5, 0.6) is 11.5 Å². The second-order valence-electron chi connectivity index (χ2n) is 4.60. The third-order valence-electron chi connectivity index (χ3n) is 3.05. The first kappa shape index (κ1) is 16.8. The minimum atomic E-state index is 0.441. The van der Waals surface area contributed by atoms with Crippen LogP contribution in [0.25, 0.3) is 0 Å². The second-order valence-corrected chi connectivity index (χ2v) is 5.01. The number of rotatable bonds is 6. The molecule has 0 saturated heterocycles. The number of para-hydroxylation sites is 1. The van der Waals surface area contributed by atoms with Gasteiger partial charge in [-0.15, -0.1) is 0 Å². The monoisotopic (exact) mass is 329 g/mol. The quantitative estimate of drug-likeness (QED) is 0.485. The van der Waals surface area contributed by atoms with E-state index < -0.39 is 0 Å². The van der Waals surface area contributed by atoms with Gasteiger partial charge in [-0.3, -0.25) is 5.43 Å². The summed E-state index contributed by atoms with van der Waals surface area (Å²) in [6, 6.07) is 15.6. The average Bonchev–Trinajstić information content (AvgIpc) is 2.60. The Morgan fingerprint density at radius 3 is 2.65 bits per heavy atom. The number of nitrogens with one attached hydrogen (secondary N) is 2. The molecular weight excluding hydrogens is 310 g/mol. The number of benzene rings is 2. The zero-order chi connectivity index (χ0) is 16.5. The molecule has 5 nitrogen and oxygen atoms in total. The first-order chi connectivity index (χ1) is 11.2. The molecule has 0 aliphatic carbocycles. The SMILES string of the molecule is CNC(=S)N/N=C\c1cccc(OC)c1OCc1ccccc1. The molecule has 2 N–H and O–H groups in total. The molecule has 0 aromatic heterocycles. The van der Waals surface area contributed by atoms with E-state index in [-0.39, 0.29) is 0 Å². The van der Waals surface area contributed by atoms with Crippen LogP contribution in [-0.2, 0) is 6.61 Å². The Labute approximate surface area is 141 Å². The largest absolute Gasteiger partial charge is 0.493 e. The lowest BCUT2D eigenvalue weighted by Crippen LogP contribution is -2.28. The van der Waals surface area contributed by atoms with Crippen molar-refractivity contribution in [3.05, 3.63) is 59.7 Å². The smallest absolute Gasteiger partial charge is 0.186 e. The molecular formula is C17H19N3O2S. The third-order valence-corrected chi connectivity index (χ3v) is 3.35. The van der Waals surface area contributed by atoms with Crippen molar-refractivity contribution in [2.45, 2.75) is 6.61 Å². The van der Waals surface area contributed by atoms with Crippen LogP contribution in [0.2, 0.25) is 0 Å². The highest BCUT2D eigenvalue weighted by molar-refractivity contribution is 7.80. The van der Waals surface area contributed by atoms with Crippen molar-refractivity contribution in [1.29, 1.82) is 0 Å². The molecule has 0 unspecified atom stereocenters. The minimum Gasteiger partial charge on any atom is -0.493 e. The second kappa shape index (κ2) is 8.75. The zero-order valence-electron chi connectivity index (χ0n) is 13.1. The minimum absolute atomic E-state index is 0.441. The summed E-state index contributed by atoms with van der Waals surface area (Å²) in [6.45, 7) is 0.449. The molecule has 23 heavy (non-hydrogen) atoms. The Hall–Kier alpha value is -2.60. The van der Waals surface area contributed by atoms with Gasteiger partial charge in [0, 0.05) is 12.6 Å². The number of ether oxygens (including phenoxy) is 2. The summed E-state index contributed by atoms with van der Waals surface area (Å²) in [5.41, 5.74) is 4.59. The fraction of sp³-hybridized carbons (Fsp3) is 0.176. The lowest BCUT2D eigenvalue weighted by Gasteiger charge is -2.13. The van der Waals surface area contributed by atoms with Gasteiger partial charge >= 0.3 is 0 Å². The standard InChI is InChI=1S/C17H19N3O2S/c1-18-17(23)20-19-11-14-9-6-10-15(21-2)16(14)22-12-13-7-4-3-5-8-13/h3-11H,12H2,1-2H3,(H2,18,20,23)/b19-11-. The molecule has 6 heteroatoms. The van der Waals surface area contributed by atoms with Gasteiger partial charge in [0.1, 0.15) is 6.61 Å². The molecule has 0 spiro atoms. The summed E-state index contributed by atoms with van der Waals surface area (Å²) in [4.78, 5) is 0. The molecule has 0 aliphatic rings. The number of methoxy groups -OCH3 is 1. The van der Waals surface area contributed by atoms with E-state index in [1.165, 1.54) is 0 Å². The van der Waals surface area contributed by atoms with Crippen LogP contribution in [0.1, 0.15) is 11.1 Å². The number of hydrogen-bond acceptors (Lipinski definition) is 4. The zero-order valence-corrected chi connectivity index (χ0v) is 13.9. The van der Waals surface area contributed by atoms with Crippen molar-refractivity contribution in [1.82, 2.24) is 10.7 Å². The molecule has 120 valence electrons. The molecule has 2 aromatic rings. The fourth-order valence-corrected chi connectivity index (χ4v) is 1.95. The van der Waals surface area contributed by atoms with Crippen molar-refractivity contribution in [3.8, 4) is 11.5 Å². The van der Waals surface area contributed by atoms with Gasteiger partial charge < -0.3 is 14.8 Å². The maximum Gasteiger partial charge on any atom is 0.186 e. The van der Waals surface area contributed by atoms with Gasteiger partial charge in [0.2, 0.25) is 0 Å². The van der Waals surface area contributed by atoms with Crippen LogP contribution in [0.15, 0.2) is 53.6 Å². The van der Waals surface area contributed by atoms with Crippen molar-refractivity contribution >= 4 is 23.5 Å². The topological polar surface area (TPSA) is 54.9 Å². The fourth-order valence-electron chi connectivity index (χ4n) is 1.90. The van der Waals surface area contributed by atoms with Crippen LogP contribution in [-0.4, -0.2) is 25.5 Å². The van der Waals surface area contributed by atoms with Crippen LogP contribution in [0, 0.1) is 0 Å². The number of hydrogen-bond donors (Lipinski definition) is 2. The Bertz CT molecular complexity index is 675. The molecule has 0 atom stereocenters. The van der Waals surface area contributed by atoms with Gasteiger partial charge in [-0.1, -0.05) is 36.4 Å². The van der Waals surface area contributed by atoms with Crippen LogP contribution < -0.4 is 20.2 Å². The third kappa shape index (κ3) is 4.96. The lowest BCUT2D eigenvalue weighted by atomic mass is 10.2. The van der Waals surface area contributed by atoms with E-state index in [0.717, 1.165) is 11.1 Å². The molecule has 0 fully saturated rings. The highest BCUT2D eigenvalue weighted by atomic mass is 32.1. The van der Waals surface area contributed by atoms with E-state index in [0.29, 0.717) is 23.2 Å². The van der Waals surface area contributed by atoms with Crippen LogP contribution >= 0.6 is 12.2 Å². The first-order valence-electron chi connectivity index (χ1n) is 7.09. The van der Waals surface area contributed by atoms with Crippen LogP contribution in [0.4, 0.5) is 0 Å². The van der Waals surface area contributed by atoms with Crippen LogP contribution in [0.3, 0.4) is 0 Å². The van der Waals surface area contributed by atoms with E-state index in [2.05, 4.69) is 15.8 Å². The van der Waals surface area contributed by atoms with Gasteiger partial charge in [-0.2, -0.15) is 5.10 Å². The number of hydrazone groups is 1. The van der Waals surface area contributed by atoms with Crippen molar-refractivity contribution in [3.63, 3.8) is 0 Å². The lowest BCUT2D eigenvalue weighted by molar-refractivity contribution is 0.284. The Morgan fingerprint density at radius 1 is 1.17 bits per heavy atom. The molecule has 2 aromatic carbocycles. The number of nitrogens with zero attached hydrogens (tertiary/aromatic N) is 1.